The van der Waals surface area contributed by atoms with Gasteiger partial charge < -0.3 is 15.5 Å². The van der Waals surface area contributed by atoms with Crippen LogP contribution in [-0.2, 0) is 0 Å². The van der Waals surface area contributed by atoms with Crippen molar-refractivity contribution < 1.29 is 15.0 Å². The highest BCUT2D eigenvalue weighted by molar-refractivity contribution is 6.31. The first-order chi connectivity index (χ1) is 7.85. The summed E-state index contributed by atoms with van der Waals surface area (Å²) < 4.78 is 0. The van der Waals surface area contributed by atoms with E-state index in [4.69, 9.17) is 16.7 Å². The van der Waals surface area contributed by atoms with E-state index in [1.165, 1.54) is 6.92 Å². The average Bonchev–Trinajstić information content (AvgIpc) is 2.30. The molecule has 3 N–H and O–H groups in total. The third-order valence-corrected chi connectivity index (χ3v) is 2.81. The maximum atomic E-state index is 11.7. The molecule has 0 saturated heterocycles. The highest BCUT2D eigenvalue weighted by atomic mass is 35.5. The topological polar surface area (TPSA) is 69.6 Å². The molecule has 1 aromatic rings. The summed E-state index contributed by atoms with van der Waals surface area (Å²) in [5, 5.41) is 21.4. The van der Waals surface area contributed by atoms with Crippen LogP contribution in [0.1, 0.15) is 22.8 Å². The van der Waals surface area contributed by atoms with Crippen LogP contribution in [0.3, 0.4) is 0 Å². The molecule has 4 nitrogen and oxygen atoms in total. The fourth-order valence-electron chi connectivity index (χ4n) is 1.16. The summed E-state index contributed by atoms with van der Waals surface area (Å²) in [6.07, 6.45) is 0. The van der Waals surface area contributed by atoms with Crippen molar-refractivity contribution >= 4 is 17.5 Å². The summed E-state index contributed by atoms with van der Waals surface area (Å²) in [5.41, 5.74) is 0.00404. The second-order valence-corrected chi connectivity index (χ2v) is 4.71. The molecule has 94 valence electrons. The molecule has 1 aromatic carbocycles. The number of hydrogen-bond donors (Lipinski definition) is 3. The second-order valence-electron chi connectivity index (χ2n) is 4.30. The maximum Gasteiger partial charge on any atom is 0.251 e. The number of halogens is 1. The van der Waals surface area contributed by atoms with Gasteiger partial charge in [0.05, 0.1) is 6.61 Å². The number of carbonyl (C=O) groups excluding carboxylic acids is 1. The van der Waals surface area contributed by atoms with E-state index < -0.39 is 12.2 Å². The average molecular weight is 258 g/mol. The number of rotatable bonds is 4. The summed E-state index contributed by atoms with van der Waals surface area (Å²) in [5.74, 6) is -0.333. The minimum Gasteiger partial charge on any atom is -0.393 e. The number of carbonyl (C=O) groups is 1. The largest absolute Gasteiger partial charge is 0.393 e. The minimum atomic E-state index is -1.32. The van der Waals surface area contributed by atoms with E-state index in [9.17, 15) is 9.90 Å². The van der Waals surface area contributed by atoms with Gasteiger partial charge >= 0.3 is 0 Å². The van der Waals surface area contributed by atoms with Gasteiger partial charge in [-0.1, -0.05) is 17.7 Å². The van der Waals surface area contributed by atoms with E-state index in [-0.39, 0.29) is 12.5 Å². The first-order valence-electron chi connectivity index (χ1n) is 5.23. The lowest BCUT2D eigenvalue weighted by Crippen LogP contribution is -2.43. The van der Waals surface area contributed by atoms with Crippen molar-refractivity contribution in [2.24, 2.45) is 0 Å². The normalized spacial score (nSPS) is 14.2. The molecule has 0 aliphatic heterocycles. The Hall–Kier alpha value is -1.10. The second kappa shape index (κ2) is 5.49. The molecule has 0 fully saturated rings. The minimum absolute atomic E-state index is 0.0200. The van der Waals surface area contributed by atoms with E-state index >= 15 is 0 Å². The van der Waals surface area contributed by atoms with Crippen molar-refractivity contribution in [1.29, 1.82) is 0 Å². The van der Waals surface area contributed by atoms with Crippen LogP contribution in [-0.4, -0.2) is 34.9 Å². The van der Waals surface area contributed by atoms with Crippen LogP contribution < -0.4 is 5.32 Å². The maximum absolute atomic E-state index is 11.7. The highest BCUT2D eigenvalue weighted by Gasteiger charge is 2.20. The Morgan fingerprint density at radius 3 is 2.71 bits per heavy atom. The number of nitrogens with one attached hydrogen (secondary N) is 1. The molecule has 1 amide bonds. The molecule has 17 heavy (non-hydrogen) atoms. The summed E-state index contributed by atoms with van der Waals surface area (Å²) in [6, 6.07) is 4.98. The lowest BCUT2D eigenvalue weighted by molar-refractivity contribution is 0.00320. The number of hydrogen-bond acceptors (Lipinski definition) is 3. The quantitative estimate of drug-likeness (QED) is 0.757. The Bertz CT molecular complexity index is 418. The summed E-state index contributed by atoms with van der Waals surface area (Å²) in [4.78, 5) is 11.7. The van der Waals surface area contributed by atoms with Crippen LogP contribution in [0.4, 0.5) is 0 Å². The molecule has 1 atom stereocenters. The monoisotopic (exact) mass is 257 g/mol. The van der Waals surface area contributed by atoms with Crippen LogP contribution in [0.15, 0.2) is 18.2 Å². The van der Waals surface area contributed by atoms with E-state index in [1.54, 1.807) is 18.2 Å². The fraction of sp³-hybridized carbons (Fsp3) is 0.417. The van der Waals surface area contributed by atoms with Crippen molar-refractivity contribution in [3.63, 3.8) is 0 Å². The summed E-state index contributed by atoms with van der Waals surface area (Å²) in [6.45, 7) is 2.85. The number of aliphatic hydroxyl groups excluding tert-OH is 1. The third-order valence-electron chi connectivity index (χ3n) is 2.40. The molecular weight excluding hydrogens is 242 g/mol. The Kier molecular flexibility index (Phi) is 4.51. The van der Waals surface area contributed by atoms with Gasteiger partial charge in [-0.05, 0) is 31.5 Å². The summed E-state index contributed by atoms with van der Waals surface area (Å²) in [7, 11) is 0. The number of aryl methyl sites for hydroxylation is 1. The van der Waals surface area contributed by atoms with Gasteiger partial charge in [-0.15, -0.1) is 0 Å². The van der Waals surface area contributed by atoms with Crippen LogP contribution >= 0.6 is 11.6 Å². The Morgan fingerprint density at radius 2 is 2.18 bits per heavy atom. The highest BCUT2D eigenvalue weighted by Crippen LogP contribution is 2.16. The van der Waals surface area contributed by atoms with Gasteiger partial charge in [0.1, 0.15) is 5.60 Å². The van der Waals surface area contributed by atoms with E-state index in [1.807, 2.05) is 6.92 Å². The van der Waals surface area contributed by atoms with Crippen LogP contribution in [0.2, 0.25) is 5.02 Å². The van der Waals surface area contributed by atoms with Crippen LogP contribution in [0.25, 0.3) is 0 Å². The predicted octanol–water partition coefficient (Wildman–Crippen LogP) is 1.12. The summed E-state index contributed by atoms with van der Waals surface area (Å²) >= 11 is 5.91. The SMILES string of the molecule is Cc1ccc(C(=O)NCC(C)(O)CO)cc1Cl. The van der Waals surface area contributed by atoms with Gasteiger partial charge in [0.2, 0.25) is 0 Å². The molecule has 0 heterocycles. The number of aliphatic hydroxyl groups is 2. The molecule has 0 radical (unpaired) electrons. The van der Waals surface area contributed by atoms with Gasteiger partial charge in [-0.3, -0.25) is 4.79 Å². The first-order valence-corrected chi connectivity index (χ1v) is 5.61. The lowest BCUT2D eigenvalue weighted by Gasteiger charge is -2.20. The molecule has 0 aromatic heterocycles. The predicted molar refractivity (Wildman–Crippen MR) is 66.2 cm³/mol. The zero-order valence-electron chi connectivity index (χ0n) is 9.83. The smallest absolute Gasteiger partial charge is 0.251 e. The van der Waals surface area contributed by atoms with Gasteiger partial charge in [0.15, 0.2) is 0 Å². The molecule has 0 aliphatic rings. The van der Waals surface area contributed by atoms with Crippen molar-refractivity contribution in [2.45, 2.75) is 19.4 Å². The van der Waals surface area contributed by atoms with Crippen LogP contribution in [0.5, 0.6) is 0 Å². The number of benzene rings is 1. The molecule has 1 unspecified atom stereocenters. The lowest BCUT2D eigenvalue weighted by atomic mass is 10.1. The molecule has 0 aliphatic carbocycles. The standard InChI is InChI=1S/C12H16ClNO3/c1-8-3-4-9(5-10(8)13)11(16)14-6-12(2,17)7-15/h3-5,15,17H,6-7H2,1-2H3,(H,14,16). The van der Waals surface area contributed by atoms with E-state index in [0.29, 0.717) is 10.6 Å². The van der Waals surface area contributed by atoms with Gasteiger partial charge in [-0.25, -0.2) is 0 Å². The van der Waals surface area contributed by atoms with Gasteiger partial charge in [0, 0.05) is 17.1 Å². The molecule has 0 bridgehead atoms. The Morgan fingerprint density at radius 1 is 1.53 bits per heavy atom. The van der Waals surface area contributed by atoms with Crippen molar-refractivity contribution in [1.82, 2.24) is 5.32 Å². The Balaban J connectivity index is 2.68. The zero-order valence-corrected chi connectivity index (χ0v) is 10.6. The number of amides is 1. The van der Waals surface area contributed by atoms with Crippen molar-refractivity contribution in [2.75, 3.05) is 13.2 Å². The Labute approximate surface area is 105 Å². The molecule has 0 saturated carbocycles. The van der Waals surface area contributed by atoms with Gasteiger partial charge in [-0.2, -0.15) is 0 Å². The van der Waals surface area contributed by atoms with Crippen LogP contribution in [0, 0.1) is 6.92 Å². The van der Waals surface area contributed by atoms with Gasteiger partial charge in [0.25, 0.3) is 5.91 Å². The molecular formula is C12H16ClNO3. The molecule has 0 spiro atoms. The van der Waals surface area contributed by atoms with Crippen molar-refractivity contribution in [3.05, 3.63) is 34.3 Å². The zero-order chi connectivity index (χ0) is 13.1. The molecule has 1 rings (SSSR count). The fourth-order valence-corrected chi connectivity index (χ4v) is 1.34. The van der Waals surface area contributed by atoms with E-state index in [2.05, 4.69) is 5.32 Å². The van der Waals surface area contributed by atoms with E-state index in [0.717, 1.165) is 5.56 Å². The molecule has 5 heteroatoms. The van der Waals surface area contributed by atoms with Crippen molar-refractivity contribution in [3.8, 4) is 0 Å². The third kappa shape index (κ3) is 4.00. The first kappa shape index (κ1) is 14.0.